The molecule has 0 bridgehead atoms. The summed E-state index contributed by atoms with van der Waals surface area (Å²) in [5.74, 6) is 0.469. The van der Waals surface area contributed by atoms with Crippen molar-refractivity contribution in [3.8, 4) is 0 Å². The lowest BCUT2D eigenvalue weighted by Gasteiger charge is -2.22. The molecule has 0 heterocycles. The van der Waals surface area contributed by atoms with Crippen LogP contribution in [0.15, 0.2) is 12.7 Å². The predicted octanol–water partition coefficient (Wildman–Crippen LogP) is 0.806. The van der Waals surface area contributed by atoms with Gasteiger partial charge < -0.3 is 11.1 Å². The van der Waals surface area contributed by atoms with Crippen LogP contribution in [0.25, 0.3) is 0 Å². The molecule has 13 heavy (non-hydrogen) atoms. The Bertz CT molecular complexity index is 185. The lowest BCUT2D eigenvalue weighted by atomic mass is 9.98. The van der Waals surface area contributed by atoms with E-state index in [1.165, 1.54) is 31.8 Å². The molecular weight excluding hydrogens is 164 g/mol. The molecule has 3 heteroatoms. The van der Waals surface area contributed by atoms with E-state index in [4.69, 9.17) is 5.73 Å². The Morgan fingerprint density at radius 3 is 2.69 bits per heavy atom. The Kier molecular flexibility index (Phi) is 3.96. The number of rotatable bonds is 4. The van der Waals surface area contributed by atoms with Crippen LogP contribution < -0.4 is 11.1 Å². The standard InChI is InChI=1S/C10H18N2O/c1-2-10(13)12-9(7-11)8-5-3-4-6-8/h2,8-9H,1,3-7,11H2,(H,12,13). The summed E-state index contributed by atoms with van der Waals surface area (Å²) >= 11 is 0. The Balaban J connectivity index is 2.41. The number of hydrogen-bond donors (Lipinski definition) is 2. The fourth-order valence-electron chi connectivity index (χ4n) is 1.97. The van der Waals surface area contributed by atoms with Crippen molar-refractivity contribution in [2.24, 2.45) is 11.7 Å². The molecule has 0 aliphatic heterocycles. The predicted molar refractivity (Wildman–Crippen MR) is 53.1 cm³/mol. The molecule has 1 aliphatic rings. The monoisotopic (exact) mass is 182 g/mol. The Labute approximate surface area is 79.4 Å². The summed E-state index contributed by atoms with van der Waals surface area (Å²) in [6.07, 6.45) is 6.23. The lowest BCUT2D eigenvalue weighted by Crippen LogP contribution is -2.43. The third kappa shape index (κ3) is 2.84. The van der Waals surface area contributed by atoms with Crippen molar-refractivity contribution in [1.82, 2.24) is 5.32 Å². The molecule has 0 radical (unpaired) electrons. The smallest absolute Gasteiger partial charge is 0.243 e. The average molecular weight is 182 g/mol. The molecule has 0 aromatic carbocycles. The van der Waals surface area contributed by atoms with E-state index in [0.29, 0.717) is 12.5 Å². The van der Waals surface area contributed by atoms with E-state index in [2.05, 4.69) is 11.9 Å². The van der Waals surface area contributed by atoms with Crippen LogP contribution >= 0.6 is 0 Å². The molecule has 1 saturated carbocycles. The zero-order valence-corrected chi connectivity index (χ0v) is 7.96. The van der Waals surface area contributed by atoms with Crippen molar-refractivity contribution in [2.75, 3.05) is 6.54 Å². The molecule has 1 atom stereocenters. The number of hydrogen-bond acceptors (Lipinski definition) is 2. The largest absolute Gasteiger partial charge is 0.348 e. The van der Waals surface area contributed by atoms with E-state index >= 15 is 0 Å². The number of nitrogens with two attached hydrogens (primary N) is 1. The van der Waals surface area contributed by atoms with Crippen molar-refractivity contribution in [1.29, 1.82) is 0 Å². The van der Waals surface area contributed by atoms with Gasteiger partial charge in [0.1, 0.15) is 0 Å². The molecule has 0 spiro atoms. The van der Waals surface area contributed by atoms with Crippen molar-refractivity contribution in [3.63, 3.8) is 0 Å². The topological polar surface area (TPSA) is 55.1 Å². The fraction of sp³-hybridized carbons (Fsp3) is 0.700. The molecule has 0 saturated heterocycles. The van der Waals surface area contributed by atoms with Crippen molar-refractivity contribution in [3.05, 3.63) is 12.7 Å². The summed E-state index contributed by atoms with van der Waals surface area (Å²) in [7, 11) is 0. The normalized spacial score (nSPS) is 19.8. The van der Waals surface area contributed by atoms with E-state index < -0.39 is 0 Å². The minimum Gasteiger partial charge on any atom is -0.348 e. The van der Waals surface area contributed by atoms with Gasteiger partial charge in [0, 0.05) is 12.6 Å². The van der Waals surface area contributed by atoms with Gasteiger partial charge in [0.15, 0.2) is 0 Å². The van der Waals surface area contributed by atoms with Gasteiger partial charge >= 0.3 is 0 Å². The van der Waals surface area contributed by atoms with Crippen molar-refractivity contribution < 1.29 is 4.79 Å². The molecule has 3 N–H and O–H groups in total. The zero-order valence-electron chi connectivity index (χ0n) is 7.96. The molecule has 3 nitrogen and oxygen atoms in total. The van der Waals surface area contributed by atoms with E-state index in [9.17, 15) is 4.79 Å². The third-order valence-corrected chi connectivity index (χ3v) is 2.74. The van der Waals surface area contributed by atoms with Crippen LogP contribution in [0.5, 0.6) is 0 Å². The number of amides is 1. The van der Waals surface area contributed by atoms with E-state index in [-0.39, 0.29) is 11.9 Å². The second kappa shape index (κ2) is 5.02. The first-order chi connectivity index (χ1) is 6.27. The van der Waals surface area contributed by atoms with E-state index in [1.54, 1.807) is 0 Å². The van der Waals surface area contributed by atoms with E-state index in [1.807, 2.05) is 0 Å². The summed E-state index contributed by atoms with van der Waals surface area (Å²) in [6.45, 7) is 3.95. The quantitative estimate of drug-likeness (QED) is 0.632. The molecule has 1 fully saturated rings. The highest BCUT2D eigenvalue weighted by Gasteiger charge is 2.24. The van der Waals surface area contributed by atoms with E-state index in [0.717, 1.165) is 0 Å². The van der Waals surface area contributed by atoms with Gasteiger partial charge in [0.2, 0.25) is 5.91 Å². The van der Waals surface area contributed by atoms with Gasteiger partial charge in [-0.25, -0.2) is 0 Å². The van der Waals surface area contributed by atoms with Gasteiger partial charge in [-0.1, -0.05) is 19.4 Å². The molecular formula is C10H18N2O. The highest BCUT2D eigenvalue weighted by atomic mass is 16.1. The van der Waals surface area contributed by atoms with Crippen LogP contribution in [-0.4, -0.2) is 18.5 Å². The Hall–Kier alpha value is -0.830. The highest BCUT2D eigenvalue weighted by Crippen LogP contribution is 2.27. The summed E-state index contributed by atoms with van der Waals surface area (Å²) < 4.78 is 0. The van der Waals surface area contributed by atoms with Crippen LogP contribution in [0.1, 0.15) is 25.7 Å². The van der Waals surface area contributed by atoms with Gasteiger partial charge in [-0.3, -0.25) is 4.79 Å². The second-order valence-corrected chi connectivity index (χ2v) is 3.60. The Morgan fingerprint density at radius 1 is 1.62 bits per heavy atom. The summed E-state index contributed by atoms with van der Waals surface area (Å²) in [5.41, 5.74) is 5.61. The first-order valence-electron chi connectivity index (χ1n) is 4.91. The fourth-order valence-corrected chi connectivity index (χ4v) is 1.97. The number of carbonyl (C=O) groups excluding carboxylic acids is 1. The second-order valence-electron chi connectivity index (χ2n) is 3.60. The lowest BCUT2D eigenvalue weighted by molar-refractivity contribution is -0.117. The summed E-state index contributed by atoms with van der Waals surface area (Å²) in [5, 5.41) is 2.88. The minimum absolute atomic E-state index is 0.109. The van der Waals surface area contributed by atoms with Crippen LogP contribution in [0.2, 0.25) is 0 Å². The third-order valence-electron chi connectivity index (χ3n) is 2.74. The zero-order chi connectivity index (χ0) is 9.68. The maximum absolute atomic E-state index is 11.1. The molecule has 1 aliphatic carbocycles. The van der Waals surface area contributed by atoms with Gasteiger partial charge in [0.25, 0.3) is 0 Å². The number of nitrogens with one attached hydrogen (secondary N) is 1. The van der Waals surface area contributed by atoms with Gasteiger partial charge in [-0.05, 0) is 24.8 Å². The highest BCUT2D eigenvalue weighted by molar-refractivity contribution is 5.87. The van der Waals surface area contributed by atoms with Gasteiger partial charge in [-0.2, -0.15) is 0 Å². The molecule has 0 aromatic rings. The minimum atomic E-state index is -0.109. The van der Waals surface area contributed by atoms with Crippen LogP contribution in [-0.2, 0) is 4.79 Å². The first kappa shape index (κ1) is 10.3. The molecule has 1 unspecified atom stereocenters. The average Bonchev–Trinajstić information content (AvgIpc) is 2.66. The Morgan fingerprint density at radius 2 is 2.23 bits per heavy atom. The maximum Gasteiger partial charge on any atom is 0.243 e. The molecule has 1 amide bonds. The summed E-state index contributed by atoms with van der Waals surface area (Å²) in [4.78, 5) is 11.1. The maximum atomic E-state index is 11.1. The van der Waals surface area contributed by atoms with Crippen LogP contribution in [0, 0.1) is 5.92 Å². The van der Waals surface area contributed by atoms with Gasteiger partial charge in [-0.15, -0.1) is 0 Å². The molecule has 74 valence electrons. The number of carbonyl (C=O) groups is 1. The van der Waals surface area contributed by atoms with Crippen molar-refractivity contribution in [2.45, 2.75) is 31.7 Å². The van der Waals surface area contributed by atoms with Crippen LogP contribution in [0.4, 0.5) is 0 Å². The van der Waals surface area contributed by atoms with Gasteiger partial charge in [0.05, 0.1) is 0 Å². The molecule has 1 rings (SSSR count). The first-order valence-corrected chi connectivity index (χ1v) is 4.91. The SMILES string of the molecule is C=CC(=O)NC(CN)C1CCCC1. The molecule has 0 aromatic heterocycles. The van der Waals surface area contributed by atoms with Crippen LogP contribution in [0.3, 0.4) is 0 Å². The van der Waals surface area contributed by atoms with Crippen molar-refractivity contribution >= 4 is 5.91 Å². The summed E-state index contributed by atoms with van der Waals surface area (Å²) in [6, 6.07) is 0.146.